The summed E-state index contributed by atoms with van der Waals surface area (Å²) in [6.07, 6.45) is 2.40. The van der Waals surface area contributed by atoms with E-state index in [1.165, 1.54) is 12.1 Å². The average molecular weight is 441 g/mol. The molecule has 1 saturated heterocycles. The molecule has 170 valence electrons. The number of benzene rings is 2. The van der Waals surface area contributed by atoms with Crippen LogP contribution in [0, 0.1) is 24.6 Å². The van der Waals surface area contributed by atoms with Crippen LogP contribution >= 0.6 is 0 Å². The summed E-state index contributed by atoms with van der Waals surface area (Å²) in [6.45, 7) is 4.66. The number of rotatable bonds is 8. The van der Waals surface area contributed by atoms with Crippen LogP contribution in [-0.2, 0) is 32.0 Å². The molecule has 0 spiro atoms. The third kappa shape index (κ3) is 4.43. The monoisotopic (exact) mass is 440 g/mol. The quantitative estimate of drug-likeness (QED) is 0.593. The summed E-state index contributed by atoms with van der Waals surface area (Å²) in [6, 6.07) is 13.2. The van der Waals surface area contributed by atoms with Crippen LogP contribution in [0.2, 0.25) is 0 Å². The Bertz CT molecular complexity index is 1000. The maximum absolute atomic E-state index is 14.9. The fourth-order valence-electron chi connectivity index (χ4n) is 4.59. The molecule has 1 aliphatic heterocycles. The van der Waals surface area contributed by atoms with Gasteiger partial charge in [-0.05, 0) is 54.5 Å². The Balaban J connectivity index is 1.55. The normalized spacial score (nSPS) is 23.3. The van der Waals surface area contributed by atoms with Crippen molar-refractivity contribution in [3.8, 4) is 5.75 Å². The van der Waals surface area contributed by atoms with Crippen LogP contribution in [0.4, 0.5) is 4.39 Å². The SMILES string of the molecule is COC[C@@H]1C[C@]2([C@@H](C)Cc3cc(OCc4ccccc4)c(C)cc3F)OCOC2=CC1=O. The van der Waals surface area contributed by atoms with Crippen molar-refractivity contribution in [2.45, 2.75) is 38.9 Å². The highest BCUT2D eigenvalue weighted by Crippen LogP contribution is 2.46. The van der Waals surface area contributed by atoms with Gasteiger partial charge in [0, 0.05) is 19.1 Å². The lowest BCUT2D eigenvalue weighted by molar-refractivity contribution is -0.125. The van der Waals surface area contributed by atoms with E-state index >= 15 is 0 Å². The van der Waals surface area contributed by atoms with Crippen LogP contribution in [0.25, 0.3) is 0 Å². The van der Waals surface area contributed by atoms with Crippen LogP contribution in [0.5, 0.6) is 5.75 Å². The molecule has 0 N–H and O–H groups in total. The maximum Gasteiger partial charge on any atom is 0.189 e. The first-order chi connectivity index (χ1) is 15.4. The molecule has 2 aromatic carbocycles. The van der Waals surface area contributed by atoms with Crippen molar-refractivity contribution < 1.29 is 28.1 Å². The molecule has 2 aromatic rings. The standard InChI is InChI=1S/C26H29FO5/c1-17-9-22(27)20(11-24(17)30-14-19-7-5-4-6-8-19)10-18(2)26-13-21(15-29-3)23(28)12-25(26)31-16-32-26/h4-9,11-12,18,21H,10,13-16H2,1-3H3/t18-,21-,26+/m0/s1. The van der Waals surface area contributed by atoms with Crippen LogP contribution in [0.3, 0.4) is 0 Å². The van der Waals surface area contributed by atoms with Gasteiger partial charge in [0.05, 0.1) is 6.61 Å². The molecular formula is C26H29FO5. The van der Waals surface area contributed by atoms with E-state index in [4.69, 9.17) is 18.9 Å². The van der Waals surface area contributed by atoms with Gasteiger partial charge in [0.25, 0.3) is 0 Å². The molecule has 4 rings (SSSR count). The number of hydrogen-bond donors (Lipinski definition) is 0. The Morgan fingerprint density at radius 3 is 2.78 bits per heavy atom. The molecule has 1 heterocycles. The van der Waals surface area contributed by atoms with E-state index in [0.717, 1.165) is 11.1 Å². The number of methoxy groups -OCH3 is 1. The second-order valence-corrected chi connectivity index (χ2v) is 8.65. The fourth-order valence-corrected chi connectivity index (χ4v) is 4.59. The number of allylic oxidation sites excluding steroid dienone is 1. The Hall–Kier alpha value is -2.70. The van der Waals surface area contributed by atoms with Gasteiger partial charge in [-0.25, -0.2) is 4.39 Å². The van der Waals surface area contributed by atoms with Crippen molar-refractivity contribution in [1.82, 2.24) is 0 Å². The molecule has 0 bridgehead atoms. The minimum Gasteiger partial charge on any atom is -0.489 e. The summed E-state index contributed by atoms with van der Waals surface area (Å²) in [4.78, 5) is 12.4. The van der Waals surface area contributed by atoms with Crippen LogP contribution in [-0.4, -0.2) is 31.9 Å². The second-order valence-electron chi connectivity index (χ2n) is 8.65. The third-order valence-corrected chi connectivity index (χ3v) is 6.44. The molecule has 0 amide bonds. The first kappa shape index (κ1) is 22.5. The van der Waals surface area contributed by atoms with Gasteiger partial charge in [-0.1, -0.05) is 37.3 Å². The summed E-state index contributed by atoms with van der Waals surface area (Å²) < 4.78 is 37.8. The molecule has 6 heteroatoms. The lowest BCUT2D eigenvalue weighted by atomic mass is 9.72. The summed E-state index contributed by atoms with van der Waals surface area (Å²) in [5.74, 6) is 0.472. The van der Waals surface area contributed by atoms with Gasteiger partial charge in [-0.15, -0.1) is 0 Å². The first-order valence-electron chi connectivity index (χ1n) is 10.9. The Labute approximate surface area is 188 Å². The lowest BCUT2D eigenvalue weighted by Crippen LogP contribution is -2.46. The topological polar surface area (TPSA) is 54.0 Å². The van der Waals surface area contributed by atoms with Crippen molar-refractivity contribution in [2.24, 2.45) is 11.8 Å². The van der Waals surface area contributed by atoms with Crippen molar-refractivity contribution in [1.29, 1.82) is 0 Å². The van der Waals surface area contributed by atoms with Gasteiger partial charge in [-0.3, -0.25) is 4.79 Å². The van der Waals surface area contributed by atoms with E-state index in [9.17, 15) is 9.18 Å². The molecule has 3 atom stereocenters. The molecule has 1 fully saturated rings. The molecule has 32 heavy (non-hydrogen) atoms. The Morgan fingerprint density at radius 1 is 1.25 bits per heavy atom. The minimum atomic E-state index is -0.764. The number of ether oxygens (including phenoxy) is 4. The highest BCUT2D eigenvalue weighted by Gasteiger charge is 2.52. The van der Waals surface area contributed by atoms with Crippen LogP contribution in [0.1, 0.15) is 30.0 Å². The number of carbonyl (C=O) groups excluding carboxylic acids is 1. The fraction of sp³-hybridized carbons (Fsp3) is 0.423. The van der Waals surface area contributed by atoms with E-state index in [-0.39, 0.29) is 30.2 Å². The van der Waals surface area contributed by atoms with Gasteiger partial charge in [-0.2, -0.15) is 0 Å². The molecule has 0 saturated carbocycles. The molecular weight excluding hydrogens is 411 g/mol. The predicted octanol–water partition coefficient (Wildman–Crippen LogP) is 4.75. The summed E-state index contributed by atoms with van der Waals surface area (Å²) in [5.41, 5.74) is 1.58. The van der Waals surface area contributed by atoms with Crippen molar-refractivity contribution in [3.63, 3.8) is 0 Å². The summed E-state index contributed by atoms with van der Waals surface area (Å²) >= 11 is 0. The molecule has 2 aliphatic rings. The van der Waals surface area contributed by atoms with Gasteiger partial charge in [0.15, 0.2) is 12.6 Å². The number of aryl methyl sites for hydroxylation is 1. The third-order valence-electron chi connectivity index (χ3n) is 6.44. The molecule has 5 nitrogen and oxygen atoms in total. The van der Waals surface area contributed by atoms with Crippen molar-refractivity contribution in [3.05, 3.63) is 76.8 Å². The predicted molar refractivity (Wildman–Crippen MR) is 118 cm³/mol. The van der Waals surface area contributed by atoms with E-state index < -0.39 is 5.60 Å². The average Bonchev–Trinajstić information content (AvgIpc) is 3.19. The minimum absolute atomic E-state index is 0.0201. The van der Waals surface area contributed by atoms with Crippen LogP contribution < -0.4 is 4.74 Å². The highest BCUT2D eigenvalue weighted by molar-refractivity contribution is 5.93. The van der Waals surface area contributed by atoms with Gasteiger partial charge in [0.1, 0.15) is 29.5 Å². The zero-order chi connectivity index (χ0) is 22.7. The van der Waals surface area contributed by atoms with E-state index in [1.54, 1.807) is 13.2 Å². The molecule has 0 aromatic heterocycles. The molecule has 0 radical (unpaired) electrons. The number of halogens is 1. The number of fused-ring (bicyclic) bond motifs is 1. The zero-order valence-electron chi connectivity index (χ0n) is 18.7. The van der Waals surface area contributed by atoms with Crippen molar-refractivity contribution >= 4 is 5.78 Å². The van der Waals surface area contributed by atoms with E-state index in [0.29, 0.717) is 43.1 Å². The van der Waals surface area contributed by atoms with Crippen molar-refractivity contribution in [2.75, 3.05) is 20.5 Å². The number of carbonyl (C=O) groups is 1. The zero-order valence-corrected chi connectivity index (χ0v) is 18.7. The summed E-state index contributed by atoms with van der Waals surface area (Å²) in [5, 5.41) is 0. The van der Waals surface area contributed by atoms with E-state index in [1.807, 2.05) is 44.2 Å². The van der Waals surface area contributed by atoms with Gasteiger partial charge >= 0.3 is 0 Å². The second kappa shape index (κ2) is 9.43. The van der Waals surface area contributed by atoms with Crippen LogP contribution in [0.15, 0.2) is 54.3 Å². The molecule has 0 unspecified atom stereocenters. The number of hydrogen-bond acceptors (Lipinski definition) is 5. The van der Waals surface area contributed by atoms with E-state index in [2.05, 4.69) is 0 Å². The number of ketones is 1. The van der Waals surface area contributed by atoms with Gasteiger partial charge < -0.3 is 18.9 Å². The smallest absolute Gasteiger partial charge is 0.189 e. The Kier molecular flexibility index (Phi) is 6.63. The first-order valence-corrected chi connectivity index (χ1v) is 10.9. The highest BCUT2D eigenvalue weighted by atomic mass is 19.1. The lowest BCUT2D eigenvalue weighted by Gasteiger charge is -2.38. The maximum atomic E-state index is 14.9. The largest absolute Gasteiger partial charge is 0.489 e. The summed E-state index contributed by atoms with van der Waals surface area (Å²) in [7, 11) is 1.58. The van der Waals surface area contributed by atoms with Gasteiger partial charge in [0.2, 0.25) is 0 Å². The molecule has 1 aliphatic carbocycles. The Morgan fingerprint density at radius 2 is 2.03 bits per heavy atom.